The number of fused-ring (bicyclic) bond motifs is 2. The fourth-order valence-electron chi connectivity index (χ4n) is 4.16. The van der Waals surface area contributed by atoms with E-state index in [4.69, 9.17) is 0 Å². The molecule has 2 N–H and O–H groups in total. The molecule has 0 unspecified atom stereocenters. The smallest absolute Gasteiger partial charge is 0.264 e. The maximum absolute atomic E-state index is 13.3. The molecule has 0 aliphatic carbocycles. The van der Waals surface area contributed by atoms with Gasteiger partial charge in [-0.2, -0.15) is 0 Å². The van der Waals surface area contributed by atoms with Gasteiger partial charge in [0.05, 0.1) is 17.1 Å². The minimum atomic E-state index is -0.722. The van der Waals surface area contributed by atoms with Crippen molar-refractivity contribution in [1.82, 2.24) is 25.6 Å². The van der Waals surface area contributed by atoms with Crippen molar-refractivity contribution in [3.63, 3.8) is 0 Å². The number of benzene rings is 1. The van der Waals surface area contributed by atoms with Crippen LogP contribution in [-0.4, -0.2) is 52.4 Å². The normalized spacial score (nSPS) is 19.4. The molecule has 8 nitrogen and oxygen atoms in total. The molecule has 164 valence electrons. The van der Waals surface area contributed by atoms with Gasteiger partial charge in [0.2, 0.25) is 5.91 Å². The van der Waals surface area contributed by atoms with E-state index < -0.39 is 12.0 Å². The lowest BCUT2D eigenvalue weighted by molar-refractivity contribution is -0.148. The number of nitrogens with one attached hydrogen (secondary N) is 2. The first-order valence-electron chi connectivity index (χ1n) is 10.6. The van der Waals surface area contributed by atoms with Crippen molar-refractivity contribution in [1.29, 1.82) is 0 Å². The van der Waals surface area contributed by atoms with Gasteiger partial charge in [-0.3, -0.25) is 19.4 Å². The van der Waals surface area contributed by atoms with Crippen molar-refractivity contribution in [2.45, 2.75) is 39.3 Å². The molecule has 3 heterocycles. The van der Waals surface area contributed by atoms with Gasteiger partial charge in [0.15, 0.2) is 0 Å². The van der Waals surface area contributed by atoms with Crippen molar-refractivity contribution in [2.24, 2.45) is 5.92 Å². The second kappa shape index (κ2) is 9.15. The molecular formula is C22H27N5O3S. The maximum atomic E-state index is 13.3. The van der Waals surface area contributed by atoms with Gasteiger partial charge in [-0.05, 0) is 30.9 Å². The van der Waals surface area contributed by atoms with Crippen LogP contribution >= 0.6 is 11.3 Å². The summed E-state index contributed by atoms with van der Waals surface area (Å²) >= 11 is 1.28. The van der Waals surface area contributed by atoms with E-state index in [2.05, 4.69) is 20.6 Å². The fourth-order valence-corrected chi connectivity index (χ4v) is 4.87. The van der Waals surface area contributed by atoms with E-state index in [9.17, 15) is 14.4 Å². The summed E-state index contributed by atoms with van der Waals surface area (Å²) in [7, 11) is 0. The second-order valence-corrected chi connectivity index (χ2v) is 8.78. The summed E-state index contributed by atoms with van der Waals surface area (Å²) in [6.45, 7) is 6.06. The number of amides is 3. The predicted octanol–water partition coefficient (Wildman–Crippen LogP) is 2.03. The third kappa shape index (κ3) is 4.33. The van der Waals surface area contributed by atoms with E-state index in [1.54, 1.807) is 17.4 Å². The Bertz CT molecular complexity index is 991. The van der Waals surface area contributed by atoms with Gasteiger partial charge < -0.3 is 10.6 Å². The van der Waals surface area contributed by atoms with Crippen molar-refractivity contribution in [2.75, 3.05) is 19.6 Å². The fraction of sp³-hybridized carbons (Fsp3) is 0.455. The number of rotatable bonds is 6. The van der Waals surface area contributed by atoms with E-state index in [1.807, 2.05) is 31.2 Å². The van der Waals surface area contributed by atoms with Gasteiger partial charge in [-0.25, -0.2) is 9.99 Å². The number of nitrogens with zero attached hydrogens (tertiary/aromatic N) is 3. The van der Waals surface area contributed by atoms with Crippen LogP contribution in [0.2, 0.25) is 0 Å². The molecule has 4 rings (SSSR count). The molecule has 2 aromatic rings. The number of thiazole rings is 1. The summed E-state index contributed by atoms with van der Waals surface area (Å²) in [5.74, 6) is -0.996. The zero-order valence-corrected chi connectivity index (χ0v) is 18.6. The van der Waals surface area contributed by atoms with Gasteiger partial charge in [0.1, 0.15) is 10.9 Å². The Balaban J connectivity index is 1.48. The van der Waals surface area contributed by atoms with E-state index in [-0.39, 0.29) is 24.3 Å². The van der Waals surface area contributed by atoms with Gasteiger partial charge >= 0.3 is 0 Å². The van der Waals surface area contributed by atoms with Crippen LogP contribution in [0.4, 0.5) is 0 Å². The van der Waals surface area contributed by atoms with Crippen molar-refractivity contribution in [3.8, 4) is 0 Å². The van der Waals surface area contributed by atoms with Crippen LogP contribution in [-0.2, 0) is 16.1 Å². The Morgan fingerprint density at radius 3 is 2.84 bits per heavy atom. The number of aromatic nitrogens is 1. The Morgan fingerprint density at radius 1 is 1.29 bits per heavy atom. The van der Waals surface area contributed by atoms with Gasteiger partial charge in [0, 0.05) is 26.2 Å². The molecule has 2 aliphatic rings. The SMILES string of the molecule is CC[C@H](CNC(=O)c1scnc1C)C(=O)N[C@@H]1C(=O)N2CCCN2Cc2ccccc21. The number of hydrogen-bond acceptors (Lipinski definition) is 6. The highest BCUT2D eigenvalue weighted by molar-refractivity contribution is 7.11. The lowest BCUT2D eigenvalue weighted by Crippen LogP contribution is -2.47. The van der Waals surface area contributed by atoms with Crippen LogP contribution in [0.15, 0.2) is 29.8 Å². The summed E-state index contributed by atoms with van der Waals surface area (Å²) in [4.78, 5) is 43.5. The van der Waals surface area contributed by atoms with Gasteiger partial charge in [0.25, 0.3) is 11.8 Å². The van der Waals surface area contributed by atoms with Gasteiger partial charge in [-0.1, -0.05) is 31.2 Å². The predicted molar refractivity (Wildman–Crippen MR) is 117 cm³/mol. The summed E-state index contributed by atoms with van der Waals surface area (Å²) < 4.78 is 0. The first kappa shape index (κ1) is 21.5. The Morgan fingerprint density at radius 2 is 2.10 bits per heavy atom. The summed E-state index contributed by atoms with van der Waals surface area (Å²) in [5, 5.41) is 9.64. The van der Waals surface area contributed by atoms with E-state index in [0.717, 1.165) is 24.1 Å². The standard InChI is InChI=1S/C22H27N5O3S/c1-3-15(11-23-21(29)19-14(2)24-13-31-19)20(28)25-18-17-8-5-4-7-16(17)12-26-9-6-10-27(26)22(18)30/h4-5,7-8,13,15,18H,3,6,9-12H2,1-2H3,(H,23,29)(H,25,28)/t15-,18+/m1/s1. The molecule has 2 aliphatic heterocycles. The quantitative estimate of drug-likeness (QED) is 0.715. The van der Waals surface area contributed by atoms with Crippen molar-refractivity contribution in [3.05, 3.63) is 51.5 Å². The molecule has 3 amide bonds. The van der Waals surface area contributed by atoms with Crippen LogP contribution in [0, 0.1) is 12.8 Å². The zero-order chi connectivity index (χ0) is 22.0. The third-order valence-electron chi connectivity index (χ3n) is 5.96. The number of carbonyl (C=O) groups excluding carboxylic acids is 3. The number of hydrogen-bond donors (Lipinski definition) is 2. The molecule has 31 heavy (non-hydrogen) atoms. The molecular weight excluding hydrogens is 414 g/mol. The van der Waals surface area contributed by atoms with Crippen LogP contribution in [0.5, 0.6) is 0 Å². The molecule has 0 saturated carbocycles. The Kier molecular flexibility index (Phi) is 6.33. The third-order valence-corrected chi connectivity index (χ3v) is 6.89. The van der Waals surface area contributed by atoms with E-state index in [1.165, 1.54) is 11.3 Å². The van der Waals surface area contributed by atoms with Gasteiger partial charge in [-0.15, -0.1) is 11.3 Å². The summed E-state index contributed by atoms with van der Waals surface area (Å²) in [6.07, 6.45) is 1.47. The summed E-state index contributed by atoms with van der Waals surface area (Å²) in [5.41, 5.74) is 4.20. The maximum Gasteiger partial charge on any atom is 0.264 e. The molecule has 2 atom stereocenters. The molecule has 9 heteroatoms. The monoisotopic (exact) mass is 441 g/mol. The Labute approximate surface area is 185 Å². The van der Waals surface area contributed by atoms with Crippen LogP contribution < -0.4 is 10.6 Å². The topological polar surface area (TPSA) is 94.6 Å². The largest absolute Gasteiger partial charge is 0.350 e. The van der Waals surface area contributed by atoms with E-state index >= 15 is 0 Å². The van der Waals surface area contributed by atoms with Crippen molar-refractivity contribution < 1.29 is 14.4 Å². The molecule has 1 saturated heterocycles. The lowest BCUT2D eigenvalue weighted by Gasteiger charge is -2.28. The van der Waals surface area contributed by atoms with Crippen LogP contribution in [0.25, 0.3) is 0 Å². The molecule has 1 fully saturated rings. The molecule has 0 bridgehead atoms. The number of carbonyl (C=O) groups is 3. The zero-order valence-electron chi connectivity index (χ0n) is 17.8. The molecule has 0 radical (unpaired) electrons. The highest BCUT2D eigenvalue weighted by Crippen LogP contribution is 2.30. The van der Waals surface area contributed by atoms with Crippen LogP contribution in [0.3, 0.4) is 0 Å². The first-order valence-corrected chi connectivity index (χ1v) is 11.5. The number of hydrazine groups is 1. The average Bonchev–Trinajstić information content (AvgIpc) is 3.39. The lowest BCUT2D eigenvalue weighted by atomic mass is 9.98. The second-order valence-electron chi connectivity index (χ2n) is 7.93. The first-order chi connectivity index (χ1) is 15.0. The highest BCUT2D eigenvalue weighted by Gasteiger charge is 2.38. The summed E-state index contributed by atoms with van der Waals surface area (Å²) in [6, 6.07) is 7.06. The van der Waals surface area contributed by atoms with Crippen LogP contribution in [0.1, 0.15) is 52.3 Å². The molecule has 1 aromatic carbocycles. The minimum absolute atomic E-state index is 0.102. The Hall–Kier alpha value is -2.78. The highest BCUT2D eigenvalue weighted by atomic mass is 32.1. The van der Waals surface area contributed by atoms with Crippen molar-refractivity contribution >= 4 is 29.1 Å². The number of aryl methyl sites for hydroxylation is 1. The van der Waals surface area contributed by atoms with E-state index in [0.29, 0.717) is 30.1 Å². The minimum Gasteiger partial charge on any atom is -0.350 e. The molecule has 0 spiro atoms. The molecule has 1 aromatic heterocycles. The average molecular weight is 442 g/mol.